The Morgan fingerprint density at radius 1 is 1.39 bits per heavy atom. The summed E-state index contributed by atoms with van der Waals surface area (Å²) in [5, 5.41) is 6.99. The van der Waals surface area contributed by atoms with Crippen molar-refractivity contribution >= 4 is 5.91 Å². The summed E-state index contributed by atoms with van der Waals surface area (Å²) in [7, 11) is 1.50. The zero-order valence-corrected chi connectivity index (χ0v) is 10.2. The number of hydrogen-bond acceptors (Lipinski definition) is 3. The summed E-state index contributed by atoms with van der Waals surface area (Å²) in [5.41, 5.74) is 1.96. The van der Waals surface area contributed by atoms with E-state index in [1.807, 2.05) is 36.5 Å². The van der Waals surface area contributed by atoms with Gasteiger partial charge in [-0.3, -0.25) is 4.79 Å². The first-order valence-corrected chi connectivity index (χ1v) is 5.65. The van der Waals surface area contributed by atoms with Crippen molar-refractivity contribution in [3.8, 4) is 5.69 Å². The number of nitrogens with one attached hydrogen (secondary N) is 1. The molecule has 0 atom stereocenters. The Morgan fingerprint density at radius 2 is 2.22 bits per heavy atom. The number of ether oxygens (including phenoxy) is 1. The molecule has 0 radical (unpaired) electrons. The second-order valence-electron chi connectivity index (χ2n) is 3.79. The summed E-state index contributed by atoms with van der Waals surface area (Å²) in [6.07, 6.45) is 3.59. The molecule has 0 saturated heterocycles. The second kappa shape index (κ2) is 5.97. The van der Waals surface area contributed by atoms with Crippen molar-refractivity contribution < 1.29 is 9.53 Å². The molecule has 0 aliphatic carbocycles. The Balaban J connectivity index is 2.11. The predicted molar refractivity (Wildman–Crippen MR) is 67.3 cm³/mol. The number of hydrogen-bond donors (Lipinski definition) is 1. The number of para-hydroxylation sites is 1. The number of rotatable bonds is 5. The summed E-state index contributed by atoms with van der Waals surface area (Å²) in [4.78, 5) is 11.4. The van der Waals surface area contributed by atoms with Crippen molar-refractivity contribution in [1.29, 1.82) is 0 Å². The van der Waals surface area contributed by atoms with E-state index >= 15 is 0 Å². The highest BCUT2D eigenvalue weighted by Crippen LogP contribution is 2.12. The van der Waals surface area contributed by atoms with Crippen LogP contribution >= 0.6 is 0 Å². The van der Waals surface area contributed by atoms with Gasteiger partial charge in [-0.25, -0.2) is 4.68 Å². The highest BCUT2D eigenvalue weighted by molar-refractivity contribution is 5.77. The average Bonchev–Trinajstić information content (AvgIpc) is 2.91. The quantitative estimate of drug-likeness (QED) is 0.859. The predicted octanol–water partition coefficient (Wildman–Crippen LogP) is 1.13. The van der Waals surface area contributed by atoms with Gasteiger partial charge in [0.25, 0.3) is 0 Å². The standard InChI is InChI=1S/C13H15N3O2/c1-18-10-13(17)14-9-11-5-2-3-6-12(11)16-8-4-7-15-16/h2-8H,9-10H2,1H3,(H,14,17). The van der Waals surface area contributed by atoms with E-state index in [2.05, 4.69) is 10.4 Å². The van der Waals surface area contributed by atoms with Crippen molar-refractivity contribution in [3.05, 3.63) is 48.3 Å². The van der Waals surface area contributed by atoms with E-state index in [1.54, 1.807) is 10.9 Å². The average molecular weight is 245 g/mol. The van der Waals surface area contributed by atoms with Gasteiger partial charge in [0.15, 0.2) is 0 Å². The van der Waals surface area contributed by atoms with Crippen LogP contribution < -0.4 is 5.32 Å². The van der Waals surface area contributed by atoms with Gasteiger partial charge in [-0.1, -0.05) is 18.2 Å². The third kappa shape index (κ3) is 2.95. The molecule has 94 valence electrons. The van der Waals surface area contributed by atoms with Crippen LogP contribution in [-0.2, 0) is 16.1 Å². The zero-order valence-electron chi connectivity index (χ0n) is 10.2. The van der Waals surface area contributed by atoms with Crippen molar-refractivity contribution in [3.63, 3.8) is 0 Å². The molecule has 0 spiro atoms. The maximum absolute atomic E-state index is 11.4. The monoisotopic (exact) mass is 245 g/mol. The van der Waals surface area contributed by atoms with Crippen LogP contribution in [0.1, 0.15) is 5.56 Å². The van der Waals surface area contributed by atoms with Gasteiger partial charge in [0, 0.05) is 26.0 Å². The normalized spacial score (nSPS) is 10.3. The zero-order chi connectivity index (χ0) is 12.8. The van der Waals surface area contributed by atoms with E-state index in [0.29, 0.717) is 6.54 Å². The van der Waals surface area contributed by atoms with Crippen molar-refractivity contribution in [2.24, 2.45) is 0 Å². The first-order valence-electron chi connectivity index (χ1n) is 5.65. The number of benzene rings is 1. The second-order valence-corrected chi connectivity index (χ2v) is 3.79. The SMILES string of the molecule is COCC(=O)NCc1ccccc1-n1cccn1. The molecule has 0 bridgehead atoms. The van der Waals surface area contributed by atoms with Crippen LogP contribution in [0.15, 0.2) is 42.7 Å². The van der Waals surface area contributed by atoms with Crippen molar-refractivity contribution in [2.45, 2.75) is 6.54 Å². The highest BCUT2D eigenvalue weighted by Gasteiger charge is 2.05. The summed E-state index contributed by atoms with van der Waals surface area (Å²) in [5.74, 6) is -0.132. The number of carbonyl (C=O) groups is 1. The van der Waals surface area contributed by atoms with Crippen LogP contribution in [0.5, 0.6) is 0 Å². The van der Waals surface area contributed by atoms with Gasteiger partial charge in [-0.2, -0.15) is 5.10 Å². The minimum Gasteiger partial charge on any atom is -0.375 e. The molecule has 0 saturated carbocycles. The number of carbonyl (C=O) groups excluding carboxylic acids is 1. The first kappa shape index (κ1) is 12.3. The number of aromatic nitrogens is 2. The summed E-state index contributed by atoms with van der Waals surface area (Å²) in [6, 6.07) is 9.66. The van der Waals surface area contributed by atoms with Crippen LogP contribution in [0.25, 0.3) is 5.69 Å². The minimum absolute atomic E-state index is 0.0733. The Hall–Kier alpha value is -2.14. The van der Waals surface area contributed by atoms with Gasteiger partial charge in [-0.15, -0.1) is 0 Å². The lowest BCUT2D eigenvalue weighted by molar-refractivity contribution is -0.124. The van der Waals surface area contributed by atoms with Gasteiger partial charge in [0.05, 0.1) is 5.69 Å². The molecule has 1 aromatic carbocycles. The lowest BCUT2D eigenvalue weighted by atomic mass is 10.2. The number of methoxy groups -OCH3 is 1. The molecule has 0 unspecified atom stereocenters. The fourth-order valence-corrected chi connectivity index (χ4v) is 1.67. The van der Waals surface area contributed by atoms with Gasteiger partial charge >= 0.3 is 0 Å². The molecule has 18 heavy (non-hydrogen) atoms. The van der Waals surface area contributed by atoms with Gasteiger partial charge in [-0.05, 0) is 17.7 Å². The van der Waals surface area contributed by atoms with Crippen molar-refractivity contribution in [1.82, 2.24) is 15.1 Å². The molecule has 1 heterocycles. The molecular formula is C13H15N3O2. The largest absolute Gasteiger partial charge is 0.375 e. The molecule has 2 aromatic rings. The molecule has 2 rings (SSSR count). The molecule has 0 fully saturated rings. The Kier molecular flexibility index (Phi) is 4.09. The van der Waals surface area contributed by atoms with E-state index in [-0.39, 0.29) is 12.5 Å². The molecule has 0 aliphatic rings. The summed E-state index contributed by atoms with van der Waals surface area (Å²) in [6.45, 7) is 0.530. The Labute approximate surface area is 105 Å². The van der Waals surface area contributed by atoms with E-state index in [1.165, 1.54) is 7.11 Å². The topological polar surface area (TPSA) is 56.1 Å². The van der Waals surface area contributed by atoms with Crippen LogP contribution in [0.2, 0.25) is 0 Å². The van der Waals surface area contributed by atoms with Crippen LogP contribution in [0.3, 0.4) is 0 Å². The van der Waals surface area contributed by atoms with E-state index in [9.17, 15) is 4.79 Å². The minimum atomic E-state index is -0.132. The summed E-state index contributed by atoms with van der Waals surface area (Å²) < 4.78 is 6.54. The maximum atomic E-state index is 11.4. The fraction of sp³-hybridized carbons (Fsp3) is 0.231. The van der Waals surface area contributed by atoms with Gasteiger partial charge < -0.3 is 10.1 Å². The molecule has 5 heteroatoms. The maximum Gasteiger partial charge on any atom is 0.246 e. The molecule has 1 N–H and O–H groups in total. The third-order valence-corrected chi connectivity index (χ3v) is 2.49. The molecule has 1 aromatic heterocycles. The smallest absolute Gasteiger partial charge is 0.246 e. The molecule has 5 nitrogen and oxygen atoms in total. The van der Waals surface area contributed by atoms with E-state index < -0.39 is 0 Å². The van der Waals surface area contributed by atoms with Gasteiger partial charge in [0.2, 0.25) is 5.91 Å². The van der Waals surface area contributed by atoms with Gasteiger partial charge in [0.1, 0.15) is 6.61 Å². The summed E-state index contributed by atoms with van der Waals surface area (Å²) >= 11 is 0. The van der Waals surface area contributed by atoms with E-state index in [0.717, 1.165) is 11.3 Å². The molecule has 0 aliphatic heterocycles. The highest BCUT2D eigenvalue weighted by atomic mass is 16.5. The van der Waals surface area contributed by atoms with Crippen molar-refractivity contribution in [2.75, 3.05) is 13.7 Å². The Bertz CT molecular complexity index is 509. The number of nitrogens with zero attached hydrogens (tertiary/aromatic N) is 2. The molecule has 1 amide bonds. The number of amides is 1. The Morgan fingerprint density at radius 3 is 2.94 bits per heavy atom. The first-order chi connectivity index (χ1) is 8.81. The third-order valence-electron chi connectivity index (χ3n) is 2.49. The lowest BCUT2D eigenvalue weighted by Gasteiger charge is -2.10. The van der Waals surface area contributed by atoms with Crippen LogP contribution in [0.4, 0.5) is 0 Å². The van der Waals surface area contributed by atoms with Crippen LogP contribution in [0, 0.1) is 0 Å². The lowest BCUT2D eigenvalue weighted by Crippen LogP contribution is -2.27. The van der Waals surface area contributed by atoms with E-state index in [4.69, 9.17) is 4.74 Å². The van der Waals surface area contributed by atoms with Crippen LogP contribution in [-0.4, -0.2) is 29.4 Å². The molecular weight excluding hydrogens is 230 g/mol. The fourth-order valence-electron chi connectivity index (χ4n) is 1.67.